The maximum absolute atomic E-state index is 10.2. The highest BCUT2D eigenvalue weighted by Gasteiger charge is 2.43. The van der Waals surface area contributed by atoms with Crippen LogP contribution in [0.5, 0.6) is 0 Å². The number of methoxy groups -OCH3 is 1. The largest absolute Gasteiger partial charge is 0.390 e. The van der Waals surface area contributed by atoms with Crippen molar-refractivity contribution in [1.29, 1.82) is 0 Å². The molecule has 1 fully saturated rings. The van der Waals surface area contributed by atoms with Gasteiger partial charge in [-0.15, -0.1) is 0 Å². The van der Waals surface area contributed by atoms with Crippen LogP contribution in [-0.4, -0.2) is 23.9 Å². The van der Waals surface area contributed by atoms with E-state index in [1.807, 2.05) is 0 Å². The zero-order valence-electron chi connectivity index (χ0n) is 10.5. The van der Waals surface area contributed by atoms with Crippen LogP contribution in [0.2, 0.25) is 0 Å². The molecule has 0 amide bonds. The average Bonchev–Trinajstić information content (AvgIpc) is 2.20. The summed E-state index contributed by atoms with van der Waals surface area (Å²) in [7, 11) is 1.73. The molecule has 0 aromatic rings. The first-order valence-corrected chi connectivity index (χ1v) is 6.38. The Morgan fingerprint density at radius 3 is 2.53 bits per heavy atom. The van der Waals surface area contributed by atoms with Crippen molar-refractivity contribution in [1.82, 2.24) is 0 Å². The molecule has 0 aromatic carbocycles. The van der Waals surface area contributed by atoms with Gasteiger partial charge in [0.05, 0.1) is 11.7 Å². The fourth-order valence-corrected chi connectivity index (χ4v) is 2.60. The molecule has 0 heterocycles. The predicted octanol–water partition coefficient (Wildman–Crippen LogP) is 3.13. The Kier molecular flexibility index (Phi) is 5.07. The Labute approximate surface area is 94.0 Å². The minimum absolute atomic E-state index is 0.304. The van der Waals surface area contributed by atoms with Crippen LogP contribution in [0.1, 0.15) is 58.8 Å². The standard InChI is InChI=1S/C13H26O2/c1-4-6-7-11(5-2)8-13(14)9-12(10-13)15-3/h11-12,14H,4-10H2,1-3H3. The lowest BCUT2D eigenvalue weighted by atomic mass is 9.71. The molecule has 1 saturated carbocycles. The van der Waals surface area contributed by atoms with Crippen LogP contribution in [0.25, 0.3) is 0 Å². The molecule has 0 spiro atoms. The van der Waals surface area contributed by atoms with Gasteiger partial charge in [-0.05, 0) is 12.3 Å². The molecular formula is C13H26O2. The van der Waals surface area contributed by atoms with E-state index in [-0.39, 0.29) is 0 Å². The number of rotatable bonds is 7. The van der Waals surface area contributed by atoms with Gasteiger partial charge in [-0.25, -0.2) is 0 Å². The second kappa shape index (κ2) is 5.86. The van der Waals surface area contributed by atoms with Crippen LogP contribution < -0.4 is 0 Å². The molecule has 1 N–H and O–H groups in total. The van der Waals surface area contributed by atoms with E-state index in [0.717, 1.165) is 19.3 Å². The molecule has 0 bridgehead atoms. The SMILES string of the molecule is CCCCC(CC)CC1(O)CC(OC)C1. The Bertz CT molecular complexity index is 173. The van der Waals surface area contributed by atoms with Gasteiger partial charge in [0.2, 0.25) is 0 Å². The molecule has 1 aliphatic rings. The molecule has 2 heteroatoms. The highest BCUT2D eigenvalue weighted by atomic mass is 16.5. The van der Waals surface area contributed by atoms with Crippen LogP contribution >= 0.6 is 0 Å². The molecule has 0 saturated heterocycles. The van der Waals surface area contributed by atoms with E-state index in [2.05, 4.69) is 13.8 Å². The predicted molar refractivity (Wildman–Crippen MR) is 62.9 cm³/mol. The number of unbranched alkanes of at least 4 members (excludes halogenated alkanes) is 1. The number of hydrogen-bond acceptors (Lipinski definition) is 2. The zero-order chi connectivity index (χ0) is 11.3. The van der Waals surface area contributed by atoms with Crippen molar-refractivity contribution in [3.05, 3.63) is 0 Å². The quantitative estimate of drug-likeness (QED) is 0.705. The van der Waals surface area contributed by atoms with Gasteiger partial charge in [0, 0.05) is 20.0 Å². The summed E-state index contributed by atoms with van der Waals surface area (Å²) in [6, 6.07) is 0. The lowest BCUT2D eigenvalue weighted by Gasteiger charge is -2.44. The maximum Gasteiger partial charge on any atom is 0.0699 e. The first-order chi connectivity index (χ1) is 7.13. The minimum Gasteiger partial charge on any atom is -0.390 e. The van der Waals surface area contributed by atoms with E-state index >= 15 is 0 Å². The topological polar surface area (TPSA) is 29.5 Å². The summed E-state index contributed by atoms with van der Waals surface area (Å²) in [6.07, 6.45) is 7.98. The van der Waals surface area contributed by atoms with Gasteiger partial charge in [-0.3, -0.25) is 0 Å². The number of ether oxygens (including phenoxy) is 1. The molecule has 0 aliphatic heterocycles. The third-order valence-corrected chi connectivity index (χ3v) is 3.76. The van der Waals surface area contributed by atoms with Crippen molar-refractivity contribution in [3.63, 3.8) is 0 Å². The minimum atomic E-state index is -0.408. The molecule has 1 unspecified atom stereocenters. The van der Waals surface area contributed by atoms with Crippen molar-refractivity contribution < 1.29 is 9.84 Å². The van der Waals surface area contributed by atoms with Gasteiger partial charge in [-0.2, -0.15) is 0 Å². The molecule has 90 valence electrons. The van der Waals surface area contributed by atoms with Crippen molar-refractivity contribution in [3.8, 4) is 0 Å². The summed E-state index contributed by atoms with van der Waals surface area (Å²) in [5.41, 5.74) is -0.408. The maximum atomic E-state index is 10.2. The Morgan fingerprint density at radius 2 is 2.07 bits per heavy atom. The summed E-state index contributed by atoms with van der Waals surface area (Å²) in [5, 5.41) is 10.2. The summed E-state index contributed by atoms with van der Waals surface area (Å²) in [5.74, 6) is 0.702. The van der Waals surface area contributed by atoms with E-state index in [1.165, 1.54) is 25.7 Å². The Morgan fingerprint density at radius 1 is 1.40 bits per heavy atom. The fraction of sp³-hybridized carbons (Fsp3) is 1.00. The Hall–Kier alpha value is -0.0800. The summed E-state index contributed by atoms with van der Waals surface area (Å²) < 4.78 is 5.22. The second-order valence-electron chi connectivity index (χ2n) is 5.11. The molecule has 0 aromatic heterocycles. The van der Waals surface area contributed by atoms with Gasteiger partial charge in [0.15, 0.2) is 0 Å². The molecule has 1 aliphatic carbocycles. The number of hydrogen-bond donors (Lipinski definition) is 1. The third-order valence-electron chi connectivity index (χ3n) is 3.76. The molecule has 15 heavy (non-hydrogen) atoms. The normalized spacial score (nSPS) is 32.4. The van der Waals surface area contributed by atoms with Gasteiger partial charge in [-0.1, -0.05) is 39.5 Å². The van der Waals surface area contributed by atoms with Gasteiger partial charge >= 0.3 is 0 Å². The van der Waals surface area contributed by atoms with Gasteiger partial charge in [0.1, 0.15) is 0 Å². The van der Waals surface area contributed by atoms with Crippen molar-refractivity contribution in [2.24, 2.45) is 5.92 Å². The fourth-order valence-electron chi connectivity index (χ4n) is 2.60. The van der Waals surface area contributed by atoms with E-state index in [9.17, 15) is 5.11 Å². The molecule has 1 atom stereocenters. The monoisotopic (exact) mass is 214 g/mol. The highest BCUT2D eigenvalue weighted by molar-refractivity contribution is 4.96. The van der Waals surface area contributed by atoms with Crippen LogP contribution in [0, 0.1) is 5.92 Å². The van der Waals surface area contributed by atoms with Crippen LogP contribution in [-0.2, 0) is 4.74 Å². The van der Waals surface area contributed by atoms with Crippen molar-refractivity contribution >= 4 is 0 Å². The second-order valence-corrected chi connectivity index (χ2v) is 5.11. The summed E-state index contributed by atoms with van der Waals surface area (Å²) in [4.78, 5) is 0. The summed E-state index contributed by atoms with van der Waals surface area (Å²) in [6.45, 7) is 4.46. The summed E-state index contributed by atoms with van der Waals surface area (Å²) >= 11 is 0. The molecule has 0 radical (unpaired) electrons. The van der Waals surface area contributed by atoms with Gasteiger partial charge in [0.25, 0.3) is 0 Å². The molecule has 1 rings (SSSR count). The van der Waals surface area contributed by atoms with E-state index < -0.39 is 5.60 Å². The Balaban J connectivity index is 2.26. The smallest absolute Gasteiger partial charge is 0.0699 e. The van der Waals surface area contributed by atoms with E-state index in [1.54, 1.807) is 7.11 Å². The van der Waals surface area contributed by atoms with Gasteiger partial charge < -0.3 is 9.84 Å². The lowest BCUT2D eigenvalue weighted by Crippen LogP contribution is -2.49. The van der Waals surface area contributed by atoms with Crippen molar-refractivity contribution in [2.75, 3.05) is 7.11 Å². The van der Waals surface area contributed by atoms with Crippen molar-refractivity contribution in [2.45, 2.75) is 70.5 Å². The molecular weight excluding hydrogens is 188 g/mol. The van der Waals surface area contributed by atoms with E-state index in [0.29, 0.717) is 12.0 Å². The first-order valence-electron chi connectivity index (χ1n) is 6.38. The first kappa shape index (κ1) is 13.0. The van der Waals surface area contributed by atoms with Crippen LogP contribution in [0.3, 0.4) is 0 Å². The molecule has 2 nitrogen and oxygen atoms in total. The third kappa shape index (κ3) is 3.76. The van der Waals surface area contributed by atoms with E-state index in [4.69, 9.17) is 4.74 Å². The number of aliphatic hydroxyl groups is 1. The van der Waals surface area contributed by atoms with Crippen LogP contribution in [0.15, 0.2) is 0 Å². The zero-order valence-corrected chi connectivity index (χ0v) is 10.5. The lowest BCUT2D eigenvalue weighted by molar-refractivity contribution is -0.138. The average molecular weight is 214 g/mol. The van der Waals surface area contributed by atoms with Crippen LogP contribution in [0.4, 0.5) is 0 Å². The highest BCUT2D eigenvalue weighted by Crippen LogP contribution is 2.40.